The van der Waals surface area contributed by atoms with Crippen molar-refractivity contribution in [3.63, 3.8) is 0 Å². The average Bonchev–Trinajstić information content (AvgIpc) is 3.10. The fourth-order valence-corrected chi connectivity index (χ4v) is 3.78. The van der Waals surface area contributed by atoms with E-state index < -0.39 is 0 Å². The molecule has 0 saturated heterocycles. The van der Waals surface area contributed by atoms with Gasteiger partial charge in [-0.05, 0) is 23.3 Å². The number of nitrogens with one attached hydrogen (secondary N) is 2. The molecule has 3 rings (SSSR count). The molecule has 1 aromatic heterocycles. The number of carbonyl (C=O) groups excluding carboxylic acids is 2. The number of anilines is 1. The predicted molar refractivity (Wildman–Crippen MR) is 113 cm³/mol. The molecule has 2 N–H and O–H groups in total. The Morgan fingerprint density at radius 1 is 1.11 bits per heavy atom. The molecule has 1 unspecified atom stereocenters. The topological polar surface area (TPSA) is 71.1 Å². The van der Waals surface area contributed by atoms with Gasteiger partial charge in [-0.2, -0.15) is 0 Å². The van der Waals surface area contributed by atoms with Crippen molar-refractivity contribution in [3.8, 4) is 0 Å². The van der Waals surface area contributed by atoms with Crippen molar-refractivity contribution in [1.29, 1.82) is 0 Å². The minimum absolute atomic E-state index is 0.135. The Hall–Kier alpha value is -2.70. The van der Waals surface area contributed by atoms with Crippen LogP contribution >= 0.6 is 22.9 Å². The van der Waals surface area contributed by atoms with Crippen molar-refractivity contribution in [2.45, 2.75) is 25.8 Å². The highest BCUT2D eigenvalue weighted by Gasteiger charge is 2.18. The molecule has 5 nitrogen and oxygen atoms in total. The van der Waals surface area contributed by atoms with Gasteiger partial charge in [-0.1, -0.05) is 54.1 Å². The van der Waals surface area contributed by atoms with Gasteiger partial charge in [0.1, 0.15) is 0 Å². The van der Waals surface area contributed by atoms with Crippen molar-refractivity contribution in [3.05, 3.63) is 81.8 Å². The van der Waals surface area contributed by atoms with Gasteiger partial charge in [0.2, 0.25) is 11.8 Å². The van der Waals surface area contributed by atoms with Crippen LogP contribution in [0, 0.1) is 0 Å². The molecule has 7 heteroatoms. The maximum Gasteiger partial charge on any atom is 0.228 e. The van der Waals surface area contributed by atoms with Crippen LogP contribution in [0.4, 0.5) is 5.13 Å². The number of aromatic nitrogens is 1. The molecular weight excluding hydrogens is 394 g/mol. The van der Waals surface area contributed by atoms with E-state index in [0.717, 1.165) is 22.4 Å². The van der Waals surface area contributed by atoms with Crippen LogP contribution in [0.5, 0.6) is 0 Å². The van der Waals surface area contributed by atoms with E-state index in [1.165, 1.54) is 18.3 Å². The van der Waals surface area contributed by atoms with Crippen LogP contribution in [-0.2, 0) is 16.0 Å². The Labute approximate surface area is 172 Å². The fourth-order valence-electron chi connectivity index (χ4n) is 2.79. The third kappa shape index (κ3) is 5.90. The van der Waals surface area contributed by atoms with Gasteiger partial charge in [0, 0.05) is 29.4 Å². The second-order valence-electron chi connectivity index (χ2n) is 6.35. The predicted octanol–water partition coefficient (Wildman–Crippen LogP) is 4.59. The Morgan fingerprint density at radius 3 is 2.50 bits per heavy atom. The molecule has 144 valence electrons. The van der Waals surface area contributed by atoms with E-state index >= 15 is 0 Å². The zero-order chi connectivity index (χ0) is 19.9. The summed E-state index contributed by atoms with van der Waals surface area (Å²) in [6.07, 6.45) is 2.62. The zero-order valence-electron chi connectivity index (χ0n) is 15.3. The molecule has 0 bridgehead atoms. The first-order chi connectivity index (χ1) is 13.5. The van der Waals surface area contributed by atoms with Crippen LogP contribution in [0.1, 0.15) is 35.4 Å². The standard InChI is InChI=1S/C21H20ClN3O2S/c1-14(26)24-19(16-5-3-2-4-6-16)12-20(27)25-21-23-13-18(28-21)11-15-7-9-17(22)10-8-15/h2-10,13,19H,11-12H2,1H3,(H,24,26)(H,23,25,27). The zero-order valence-corrected chi connectivity index (χ0v) is 16.9. The number of thiazole rings is 1. The first kappa shape index (κ1) is 20.0. The second-order valence-corrected chi connectivity index (χ2v) is 7.90. The smallest absolute Gasteiger partial charge is 0.228 e. The summed E-state index contributed by atoms with van der Waals surface area (Å²) in [4.78, 5) is 29.3. The van der Waals surface area contributed by atoms with Crippen LogP contribution in [-0.4, -0.2) is 16.8 Å². The maximum atomic E-state index is 12.5. The number of halogens is 1. The minimum Gasteiger partial charge on any atom is -0.349 e. The average molecular weight is 414 g/mol. The van der Waals surface area contributed by atoms with E-state index in [1.807, 2.05) is 54.6 Å². The van der Waals surface area contributed by atoms with Gasteiger partial charge in [0.15, 0.2) is 5.13 Å². The second kappa shape index (κ2) is 9.48. The molecule has 1 atom stereocenters. The number of amides is 2. The van der Waals surface area contributed by atoms with Crippen LogP contribution in [0.2, 0.25) is 5.02 Å². The number of benzene rings is 2. The minimum atomic E-state index is -0.382. The molecule has 1 heterocycles. The highest BCUT2D eigenvalue weighted by Crippen LogP contribution is 2.23. The summed E-state index contributed by atoms with van der Waals surface area (Å²) in [7, 11) is 0. The van der Waals surface area contributed by atoms with Gasteiger partial charge >= 0.3 is 0 Å². The van der Waals surface area contributed by atoms with Gasteiger partial charge in [0.25, 0.3) is 0 Å². The summed E-state index contributed by atoms with van der Waals surface area (Å²) in [6.45, 7) is 1.44. The van der Waals surface area contributed by atoms with Crippen molar-refractivity contribution in [2.24, 2.45) is 0 Å². The lowest BCUT2D eigenvalue weighted by molar-refractivity contribution is -0.120. The maximum absolute atomic E-state index is 12.5. The first-order valence-electron chi connectivity index (χ1n) is 8.80. The molecule has 2 aromatic carbocycles. The van der Waals surface area contributed by atoms with Crippen LogP contribution < -0.4 is 10.6 Å². The molecule has 0 fully saturated rings. The first-order valence-corrected chi connectivity index (χ1v) is 10.00. The summed E-state index contributed by atoms with van der Waals surface area (Å²) in [6, 6.07) is 16.7. The lowest BCUT2D eigenvalue weighted by atomic mass is 10.0. The highest BCUT2D eigenvalue weighted by atomic mass is 35.5. The third-order valence-corrected chi connectivity index (χ3v) is 5.23. The lowest BCUT2D eigenvalue weighted by Crippen LogP contribution is -2.29. The van der Waals surface area contributed by atoms with Crippen molar-refractivity contribution >= 4 is 39.9 Å². The third-order valence-electron chi connectivity index (χ3n) is 4.06. The Bertz CT molecular complexity index is 942. The number of carbonyl (C=O) groups is 2. The van der Waals surface area contributed by atoms with E-state index in [9.17, 15) is 9.59 Å². The van der Waals surface area contributed by atoms with Gasteiger partial charge in [-0.15, -0.1) is 11.3 Å². The van der Waals surface area contributed by atoms with E-state index in [-0.39, 0.29) is 24.3 Å². The molecular formula is C21H20ClN3O2S. The van der Waals surface area contributed by atoms with E-state index in [1.54, 1.807) is 6.20 Å². The van der Waals surface area contributed by atoms with E-state index in [2.05, 4.69) is 15.6 Å². The van der Waals surface area contributed by atoms with E-state index in [4.69, 9.17) is 11.6 Å². The van der Waals surface area contributed by atoms with Crippen molar-refractivity contribution in [2.75, 3.05) is 5.32 Å². The summed E-state index contributed by atoms with van der Waals surface area (Å²) in [5.41, 5.74) is 2.01. The Balaban J connectivity index is 1.61. The van der Waals surface area contributed by atoms with Gasteiger partial charge in [-0.3, -0.25) is 9.59 Å². The van der Waals surface area contributed by atoms with Crippen LogP contribution in [0.25, 0.3) is 0 Å². The van der Waals surface area contributed by atoms with Crippen molar-refractivity contribution < 1.29 is 9.59 Å². The number of rotatable bonds is 7. The van der Waals surface area contributed by atoms with Gasteiger partial charge < -0.3 is 10.6 Å². The summed E-state index contributed by atoms with van der Waals surface area (Å²) in [5.74, 6) is -0.379. The highest BCUT2D eigenvalue weighted by molar-refractivity contribution is 7.15. The summed E-state index contributed by atoms with van der Waals surface area (Å²) >= 11 is 7.34. The molecule has 28 heavy (non-hydrogen) atoms. The SMILES string of the molecule is CC(=O)NC(CC(=O)Nc1ncc(Cc2ccc(Cl)cc2)s1)c1ccccc1. The van der Waals surface area contributed by atoms with E-state index in [0.29, 0.717) is 10.2 Å². The molecule has 2 amide bonds. The monoisotopic (exact) mass is 413 g/mol. The Kier molecular flexibility index (Phi) is 6.79. The quantitative estimate of drug-likeness (QED) is 0.594. The molecule has 0 saturated carbocycles. The molecule has 0 aliphatic carbocycles. The number of hydrogen-bond acceptors (Lipinski definition) is 4. The molecule has 0 aliphatic rings. The van der Waals surface area contributed by atoms with Gasteiger partial charge in [0.05, 0.1) is 12.5 Å². The molecule has 0 spiro atoms. The van der Waals surface area contributed by atoms with Crippen LogP contribution in [0.3, 0.4) is 0 Å². The van der Waals surface area contributed by atoms with Crippen molar-refractivity contribution in [1.82, 2.24) is 10.3 Å². The van der Waals surface area contributed by atoms with Crippen LogP contribution in [0.15, 0.2) is 60.8 Å². The lowest BCUT2D eigenvalue weighted by Gasteiger charge is -2.17. The molecule has 3 aromatic rings. The number of nitrogens with zero attached hydrogens (tertiary/aromatic N) is 1. The normalized spacial score (nSPS) is 11.6. The largest absolute Gasteiger partial charge is 0.349 e. The summed E-state index contributed by atoms with van der Waals surface area (Å²) < 4.78 is 0. The fraction of sp³-hybridized carbons (Fsp3) is 0.190. The number of hydrogen-bond donors (Lipinski definition) is 2. The summed E-state index contributed by atoms with van der Waals surface area (Å²) in [5, 5.41) is 6.90. The molecule has 0 radical (unpaired) electrons. The Morgan fingerprint density at radius 2 is 1.82 bits per heavy atom. The van der Waals surface area contributed by atoms with Gasteiger partial charge in [-0.25, -0.2) is 4.98 Å². The molecule has 0 aliphatic heterocycles.